The van der Waals surface area contributed by atoms with Crippen molar-refractivity contribution in [2.75, 3.05) is 0 Å². The molecule has 0 amide bonds. The first-order valence-corrected chi connectivity index (χ1v) is 7.70. The van der Waals surface area contributed by atoms with Crippen LogP contribution in [-0.2, 0) is 0 Å². The third kappa shape index (κ3) is 2.33. The van der Waals surface area contributed by atoms with Gasteiger partial charge in [0.2, 0.25) is 0 Å². The van der Waals surface area contributed by atoms with Crippen LogP contribution in [0.15, 0.2) is 68.3 Å². The quantitative estimate of drug-likeness (QED) is 0.536. The zero-order chi connectivity index (χ0) is 16.7. The van der Waals surface area contributed by atoms with Gasteiger partial charge in [0.15, 0.2) is 5.43 Å². The second-order valence-electron chi connectivity index (χ2n) is 5.80. The Morgan fingerprint density at radius 2 is 1.75 bits per heavy atom. The van der Waals surface area contributed by atoms with Crippen LogP contribution in [-0.4, -0.2) is 5.16 Å². The molecule has 118 valence electrons. The van der Waals surface area contributed by atoms with Gasteiger partial charge in [-0.15, -0.1) is 0 Å². The minimum absolute atomic E-state index is 0.0745. The highest BCUT2D eigenvalue weighted by Gasteiger charge is 2.19. The summed E-state index contributed by atoms with van der Waals surface area (Å²) >= 11 is 0. The van der Waals surface area contributed by atoms with Crippen LogP contribution in [0.4, 0.5) is 0 Å². The first kappa shape index (κ1) is 14.5. The monoisotopic (exact) mass is 317 g/mol. The molecule has 2 aromatic carbocycles. The van der Waals surface area contributed by atoms with Gasteiger partial charge in [0.25, 0.3) is 0 Å². The van der Waals surface area contributed by atoms with Crippen LogP contribution in [0.2, 0.25) is 0 Å². The van der Waals surface area contributed by atoms with Gasteiger partial charge in [-0.2, -0.15) is 0 Å². The highest BCUT2D eigenvalue weighted by atomic mass is 16.5. The maximum absolute atomic E-state index is 12.5. The van der Waals surface area contributed by atoms with Gasteiger partial charge in [-0.25, -0.2) is 0 Å². The fourth-order valence-electron chi connectivity index (χ4n) is 2.85. The summed E-state index contributed by atoms with van der Waals surface area (Å²) in [4.78, 5) is 12.5. The van der Waals surface area contributed by atoms with Crippen LogP contribution in [0.25, 0.3) is 33.6 Å². The predicted molar refractivity (Wildman–Crippen MR) is 92.9 cm³/mol. The van der Waals surface area contributed by atoms with E-state index in [0.29, 0.717) is 33.7 Å². The number of fused-ring (bicyclic) bond motifs is 1. The van der Waals surface area contributed by atoms with E-state index in [-0.39, 0.29) is 5.43 Å². The van der Waals surface area contributed by atoms with Crippen molar-refractivity contribution in [3.63, 3.8) is 0 Å². The molecule has 0 atom stereocenters. The molecule has 0 fully saturated rings. The smallest absolute Gasteiger partial charge is 0.193 e. The summed E-state index contributed by atoms with van der Waals surface area (Å²) in [6, 6.07) is 16.8. The van der Waals surface area contributed by atoms with E-state index in [9.17, 15) is 4.79 Å². The standard InChI is InChI=1S/C20H15NO3/c1-12-8-9-17-15(10-12)16(22)11-18(23-17)19-13(2)24-21-20(19)14-6-4-3-5-7-14/h3-11H,1-2H3. The lowest BCUT2D eigenvalue weighted by molar-refractivity contribution is 0.400. The van der Waals surface area contributed by atoms with Gasteiger partial charge in [0.1, 0.15) is 22.8 Å². The fourth-order valence-corrected chi connectivity index (χ4v) is 2.85. The molecule has 4 nitrogen and oxygen atoms in total. The van der Waals surface area contributed by atoms with Crippen molar-refractivity contribution < 1.29 is 8.94 Å². The lowest BCUT2D eigenvalue weighted by Gasteiger charge is -2.05. The zero-order valence-corrected chi connectivity index (χ0v) is 13.4. The van der Waals surface area contributed by atoms with Gasteiger partial charge < -0.3 is 8.94 Å². The number of aromatic nitrogens is 1. The van der Waals surface area contributed by atoms with Crippen LogP contribution in [0.1, 0.15) is 11.3 Å². The van der Waals surface area contributed by atoms with E-state index in [0.717, 1.165) is 11.1 Å². The number of nitrogens with zero attached hydrogens (tertiary/aromatic N) is 1. The summed E-state index contributed by atoms with van der Waals surface area (Å²) in [5.41, 5.74) is 3.80. The average molecular weight is 317 g/mol. The molecule has 2 aromatic heterocycles. The van der Waals surface area contributed by atoms with Crippen molar-refractivity contribution in [1.29, 1.82) is 0 Å². The number of aryl methyl sites for hydroxylation is 2. The van der Waals surface area contributed by atoms with Crippen molar-refractivity contribution in [3.05, 3.63) is 76.1 Å². The first-order chi connectivity index (χ1) is 11.6. The molecule has 0 N–H and O–H groups in total. The van der Waals surface area contributed by atoms with Gasteiger partial charge in [-0.05, 0) is 26.0 Å². The Hall–Kier alpha value is -3.14. The Morgan fingerprint density at radius 3 is 2.54 bits per heavy atom. The lowest BCUT2D eigenvalue weighted by atomic mass is 10.0. The van der Waals surface area contributed by atoms with E-state index in [4.69, 9.17) is 8.94 Å². The third-order valence-electron chi connectivity index (χ3n) is 4.04. The molecule has 4 aromatic rings. The largest absolute Gasteiger partial charge is 0.456 e. The molecular formula is C20H15NO3. The Balaban J connectivity index is 1.98. The van der Waals surface area contributed by atoms with Crippen molar-refractivity contribution in [1.82, 2.24) is 5.16 Å². The molecule has 0 aliphatic heterocycles. The maximum atomic E-state index is 12.5. The average Bonchev–Trinajstić information content (AvgIpc) is 2.98. The van der Waals surface area contributed by atoms with Gasteiger partial charge in [-0.1, -0.05) is 47.1 Å². The highest BCUT2D eigenvalue weighted by molar-refractivity contribution is 5.83. The van der Waals surface area contributed by atoms with Gasteiger partial charge in [0, 0.05) is 11.6 Å². The second-order valence-corrected chi connectivity index (χ2v) is 5.80. The van der Waals surface area contributed by atoms with E-state index in [1.807, 2.05) is 62.4 Å². The Morgan fingerprint density at radius 1 is 0.958 bits per heavy atom. The number of benzene rings is 2. The molecule has 2 heterocycles. The van der Waals surface area contributed by atoms with Crippen molar-refractivity contribution in [2.45, 2.75) is 13.8 Å². The molecule has 0 unspecified atom stereocenters. The van der Waals surface area contributed by atoms with Crippen LogP contribution >= 0.6 is 0 Å². The topological polar surface area (TPSA) is 56.2 Å². The molecule has 4 heteroatoms. The van der Waals surface area contributed by atoms with Crippen molar-refractivity contribution in [2.24, 2.45) is 0 Å². The summed E-state index contributed by atoms with van der Waals surface area (Å²) in [7, 11) is 0. The summed E-state index contributed by atoms with van der Waals surface area (Å²) in [6.45, 7) is 3.76. The third-order valence-corrected chi connectivity index (χ3v) is 4.04. The van der Waals surface area contributed by atoms with Gasteiger partial charge in [0.05, 0.1) is 10.9 Å². The molecule has 0 saturated carbocycles. The van der Waals surface area contributed by atoms with Gasteiger partial charge >= 0.3 is 0 Å². The minimum Gasteiger partial charge on any atom is -0.456 e. The minimum atomic E-state index is -0.0745. The summed E-state index contributed by atoms with van der Waals surface area (Å²) in [6.07, 6.45) is 0. The van der Waals surface area contributed by atoms with E-state index < -0.39 is 0 Å². The number of hydrogen-bond acceptors (Lipinski definition) is 4. The second kappa shape index (κ2) is 5.49. The molecule has 0 radical (unpaired) electrons. The molecule has 0 aliphatic rings. The van der Waals surface area contributed by atoms with Crippen LogP contribution in [0, 0.1) is 13.8 Å². The van der Waals surface area contributed by atoms with Gasteiger partial charge in [-0.3, -0.25) is 4.79 Å². The molecule has 0 aliphatic carbocycles. The van der Waals surface area contributed by atoms with Crippen molar-refractivity contribution in [3.8, 4) is 22.6 Å². The number of hydrogen-bond donors (Lipinski definition) is 0. The zero-order valence-electron chi connectivity index (χ0n) is 13.4. The Kier molecular flexibility index (Phi) is 3.31. The predicted octanol–water partition coefficient (Wildman–Crippen LogP) is 4.73. The summed E-state index contributed by atoms with van der Waals surface area (Å²) in [5, 5.41) is 4.73. The van der Waals surface area contributed by atoms with E-state index in [1.54, 1.807) is 0 Å². The Bertz CT molecular complexity index is 1090. The van der Waals surface area contributed by atoms with E-state index in [1.165, 1.54) is 6.07 Å². The Labute approximate surface area is 138 Å². The summed E-state index contributed by atoms with van der Waals surface area (Å²) in [5.74, 6) is 1.08. The first-order valence-electron chi connectivity index (χ1n) is 7.70. The molecule has 0 bridgehead atoms. The highest BCUT2D eigenvalue weighted by Crippen LogP contribution is 2.34. The fraction of sp³-hybridized carbons (Fsp3) is 0.100. The molecular weight excluding hydrogens is 302 g/mol. The molecule has 24 heavy (non-hydrogen) atoms. The van der Waals surface area contributed by atoms with E-state index >= 15 is 0 Å². The maximum Gasteiger partial charge on any atom is 0.193 e. The molecule has 4 rings (SSSR count). The number of rotatable bonds is 2. The van der Waals surface area contributed by atoms with Crippen LogP contribution < -0.4 is 5.43 Å². The van der Waals surface area contributed by atoms with Crippen LogP contribution in [0.3, 0.4) is 0 Å². The molecule has 0 saturated heterocycles. The molecule has 0 spiro atoms. The SMILES string of the molecule is Cc1ccc2oc(-c3c(-c4ccccc4)noc3C)cc(=O)c2c1. The van der Waals surface area contributed by atoms with Crippen molar-refractivity contribution >= 4 is 11.0 Å². The lowest BCUT2D eigenvalue weighted by Crippen LogP contribution is -2.01. The van der Waals surface area contributed by atoms with Crippen LogP contribution in [0.5, 0.6) is 0 Å². The summed E-state index contributed by atoms with van der Waals surface area (Å²) < 4.78 is 11.3. The van der Waals surface area contributed by atoms with E-state index in [2.05, 4.69) is 5.16 Å². The normalized spacial score (nSPS) is 11.1.